The zero-order valence-corrected chi connectivity index (χ0v) is 17.2. The van der Waals surface area contributed by atoms with Crippen LogP contribution in [0.1, 0.15) is 22.5 Å². The second-order valence-corrected chi connectivity index (χ2v) is 7.43. The van der Waals surface area contributed by atoms with E-state index in [4.69, 9.17) is 4.74 Å². The molecule has 1 aromatic heterocycles. The van der Waals surface area contributed by atoms with Crippen molar-refractivity contribution in [3.63, 3.8) is 0 Å². The summed E-state index contributed by atoms with van der Waals surface area (Å²) in [6.07, 6.45) is 4.60. The smallest absolute Gasteiger partial charge is 0.244 e. The molecule has 7 heteroatoms. The summed E-state index contributed by atoms with van der Waals surface area (Å²) in [5, 5.41) is 2.74. The van der Waals surface area contributed by atoms with Crippen molar-refractivity contribution in [3.8, 4) is 17.0 Å². The van der Waals surface area contributed by atoms with E-state index in [1.807, 2.05) is 32.0 Å². The average Bonchev–Trinajstić information content (AvgIpc) is 3.17. The zero-order valence-electron chi connectivity index (χ0n) is 17.2. The number of rotatable bonds is 5. The van der Waals surface area contributed by atoms with Crippen LogP contribution in [0, 0.1) is 25.5 Å². The molecule has 0 bridgehead atoms. The fourth-order valence-electron chi connectivity index (χ4n) is 3.48. The van der Waals surface area contributed by atoms with Gasteiger partial charge in [0.05, 0.1) is 23.6 Å². The maximum absolute atomic E-state index is 13.7. The lowest BCUT2D eigenvalue weighted by molar-refractivity contribution is -0.116. The predicted octanol–water partition coefficient (Wildman–Crippen LogP) is 4.17. The molecular weight excluding hydrogens is 400 g/mol. The van der Waals surface area contributed by atoms with Crippen molar-refractivity contribution in [1.29, 1.82) is 0 Å². The van der Waals surface area contributed by atoms with E-state index in [0.717, 1.165) is 40.0 Å². The van der Waals surface area contributed by atoms with Crippen LogP contribution < -0.4 is 10.1 Å². The van der Waals surface area contributed by atoms with Crippen molar-refractivity contribution in [2.75, 3.05) is 6.54 Å². The summed E-state index contributed by atoms with van der Waals surface area (Å²) in [5.74, 6) is -1.57. The standard InChI is InChI=1S/C24H21F2N3O2/c1-14-12-27-15(2)24(29-14)17-6-8-21-18(10-17)11-19(31-21)13-28-22(30)9-7-16-4-3-5-20(25)23(16)26/h3-10,12,19H,11,13H2,1-2H3,(H,28,30)/b9-7+. The van der Waals surface area contributed by atoms with E-state index in [2.05, 4.69) is 15.3 Å². The van der Waals surface area contributed by atoms with Gasteiger partial charge in [0, 0.05) is 29.8 Å². The van der Waals surface area contributed by atoms with Crippen molar-refractivity contribution < 1.29 is 18.3 Å². The van der Waals surface area contributed by atoms with E-state index in [9.17, 15) is 13.6 Å². The molecule has 1 N–H and O–H groups in total. The fourth-order valence-corrected chi connectivity index (χ4v) is 3.48. The molecule has 0 spiro atoms. The van der Waals surface area contributed by atoms with E-state index >= 15 is 0 Å². The molecule has 1 atom stereocenters. The van der Waals surface area contributed by atoms with E-state index in [1.165, 1.54) is 24.3 Å². The van der Waals surface area contributed by atoms with Gasteiger partial charge in [0.1, 0.15) is 11.9 Å². The summed E-state index contributed by atoms with van der Waals surface area (Å²) in [4.78, 5) is 21.0. The molecule has 0 saturated carbocycles. The number of nitrogens with zero attached hydrogens (tertiary/aromatic N) is 2. The van der Waals surface area contributed by atoms with E-state index in [0.29, 0.717) is 13.0 Å². The number of hydrogen-bond acceptors (Lipinski definition) is 4. The Labute approximate surface area is 178 Å². The van der Waals surface area contributed by atoms with Crippen molar-refractivity contribution in [2.24, 2.45) is 0 Å². The molecule has 31 heavy (non-hydrogen) atoms. The van der Waals surface area contributed by atoms with E-state index in [1.54, 1.807) is 6.20 Å². The van der Waals surface area contributed by atoms with Gasteiger partial charge in [0.25, 0.3) is 0 Å². The highest BCUT2D eigenvalue weighted by Crippen LogP contribution is 2.33. The van der Waals surface area contributed by atoms with Gasteiger partial charge in [-0.25, -0.2) is 13.8 Å². The Balaban J connectivity index is 1.37. The van der Waals surface area contributed by atoms with Crippen molar-refractivity contribution in [2.45, 2.75) is 26.4 Å². The highest BCUT2D eigenvalue weighted by molar-refractivity contribution is 5.91. The topological polar surface area (TPSA) is 64.1 Å². The van der Waals surface area contributed by atoms with Crippen LogP contribution in [0.2, 0.25) is 0 Å². The third kappa shape index (κ3) is 4.60. The van der Waals surface area contributed by atoms with Crippen LogP contribution in [0.5, 0.6) is 5.75 Å². The number of carbonyl (C=O) groups excluding carboxylic acids is 1. The highest BCUT2D eigenvalue weighted by atomic mass is 19.2. The van der Waals surface area contributed by atoms with Gasteiger partial charge < -0.3 is 10.1 Å². The van der Waals surface area contributed by atoms with Crippen molar-refractivity contribution in [1.82, 2.24) is 15.3 Å². The third-order valence-corrected chi connectivity index (χ3v) is 5.05. The minimum Gasteiger partial charge on any atom is -0.488 e. The molecule has 0 saturated heterocycles. The van der Waals surface area contributed by atoms with E-state index < -0.39 is 17.5 Å². The quantitative estimate of drug-likeness (QED) is 0.628. The minimum absolute atomic E-state index is 0.0155. The molecule has 1 aliphatic heterocycles. The average molecular weight is 421 g/mol. The Bertz CT molecular complexity index is 1180. The van der Waals surface area contributed by atoms with Gasteiger partial charge in [-0.3, -0.25) is 9.78 Å². The summed E-state index contributed by atoms with van der Waals surface area (Å²) in [7, 11) is 0. The molecule has 2 heterocycles. The fraction of sp³-hybridized carbons (Fsp3) is 0.208. The molecular formula is C24H21F2N3O2. The van der Waals surface area contributed by atoms with Crippen LogP contribution in [-0.2, 0) is 11.2 Å². The summed E-state index contributed by atoms with van der Waals surface area (Å²) in [5.41, 5.74) is 4.58. The van der Waals surface area contributed by atoms with Gasteiger partial charge >= 0.3 is 0 Å². The van der Waals surface area contributed by atoms with Crippen molar-refractivity contribution in [3.05, 3.63) is 82.8 Å². The first-order chi connectivity index (χ1) is 14.9. The monoisotopic (exact) mass is 421 g/mol. The number of ether oxygens (including phenoxy) is 1. The molecule has 0 aliphatic carbocycles. The maximum Gasteiger partial charge on any atom is 0.244 e. The summed E-state index contributed by atoms with van der Waals surface area (Å²) < 4.78 is 32.8. The van der Waals surface area contributed by atoms with Crippen LogP contribution in [0.15, 0.2) is 48.7 Å². The number of nitrogens with one attached hydrogen (secondary N) is 1. The third-order valence-electron chi connectivity index (χ3n) is 5.05. The van der Waals surface area contributed by atoms with Crippen LogP contribution in [0.25, 0.3) is 17.3 Å². The van der Waals surface area contributed by atoms with Gasteiger partial charge in [0.15, 0.2) is 11.6 Å². The number of fused-ring (bicyclic) bond motifs is 1. The Morgan fingerprint density at radius 2 is 2.10 bits per heavy atom. The first-order valence-corrected chi connectivity index (χ1v) is 9.91. The lowest BCUT2D eigenvalue weighted by Crippen LogP contribution is -2.33. The number of aryl methyl sites for hydroxylation is 2. The van der Waals surface area contributed by atoms with Crippen LogP contribution in [0.3, 0.4) is 0 Å². The van der Waals surface area contributed by atoms with Gasteiger partial charge in [0.2, 0.25) is 5.91 Å². The molecule has 2 aromatic carbocycles. The summed E-state index contributed by atoms with van der Waals surface area (Å²) >= 11 is 0. The number of hydrogen-bond donors (Lipinski definition) is 1. The number of benzene rings is 2. The van der Waals surface area contributed by atoms with Crippen molar-refractivity contribution >= 4 is 12.0 Å². The largest absolute Gasteiger partial charge is 0.488 e. The Hall–Kier alpha value is -3.61. The SMILES string of the molecule is Cc1cnc(C)c(-c2ccc3c(c2)CC(CNC(=O)/C=C/c2cccc(F)c2F)O3)n1. The van der Waals surface area contributed by atoms with Crippen LogP contribution >= 0.6 is 0 Å². The minimum atomic E-state index is -0.981. The van der Waals surface area contributed by atoms with Gasteiger partial charge in [-0.2, -0.15) is 0 Å². The second-order valence-electron chi connectivity index (χ2n) is 7.43. The lowest BCUT2D eigenvalue weighted by Gasteiger charge is -2.10. The first-order valence-electron chi connectivity index (χ1n) is 9.91. The van der Waals surface area contributed by atoms with Gasteiger partial charge in [-0.1, -0.05) is 12.1 Å². The Morgan fingerprint density at radius 3 is 2.94 bits per heavy atom. The van der Waals surface area contributed by atoms with Crippen LogP contribution in [0.4, 0.5) is 8.78 Å². The van der Waals surface area contributed by atoms with E-state index in [-0.39, 0.29) is 11.7 Å². The molecule has 5 nitrogen and oxygen atoms in total. The molecule has 158 valence electrons. The highest BCUT2D eigenvalue weighted by Gasteiger charge is 2.24. The van der Waals surface area contributed by atoms with Gasteiger partial charge in [-0.15, -0.1) is 0 Å². The predicted molar refractivity (Wildman–Crippen MR) is 113 cm³/mol. The second kappa shape index (κ2) is 8.63. The lowest BCUT2D eigenvalue weighted by atomic mass is 10.0. The molecule has 0 fully saturated rings. The summed E-state index contributed by atoms with van der Waals surface area (Å²) in [6.45, 7) is 4.12. The Kier molecular flexibility index (Phi) is 5.75. The number of halogens is 2. The summed E-state index contributed by atoms with van der Waals surface area (Å²) in [6, 6.07) is 9.71. The number of carbonyl (C=O) groups is 1. The molecule has 1 unspecified atom stereocenters. The first kappa shape index (κ1) is 20.7. The number of aromatic nitrogens is 2. The molecule has 3 aromatic rings. The van der Waals surface area contributed by atoms with Gasteiger partial charge in [-0.05, 0) is 49.8 Å². The molecule has 1 aliphatic rings. The Morgan fingerprint density at radius 1 is 1.26 bits per heavy atom. The molecule has 1 amide bonds. The molecule has 0 radical (unpaired) electrons. The normalized spacial score (nSPS) is 15.0. The van der Waals surface area contributed by atoms with Crippen LogP contribution in [-0.4, -0.2) is 28.5 Å². The molecule has 4 rings (SSSR count). The maximum atomic E-state index is 13.7. The zero-order chi connectivity index (χ0) is 22.0. The number of amides is 1.